The maximum Gasteiger partial charge on any atom is 0.408 e. The number of hydrogen-bond donors (Lipinski definition) is 1. The van der Waals surface area contributed by atoms with E-state index in [9.17, 15) is 14.4 Å². The average Bonchev–Trinajstić information content (AvgIpc) is 2.98. The highest BCUT2D eigenvalue weighted by molar-refractivity contribution is 6.21. The maximum atomic E-state index is 13.0. The summed E-state index contributed by atoms with van der Waals surface area (Å²) >= 11 is 0. The fourth-order valence-electron chi connectivity index (χ4n) is 3.22. The number of nitrogens with zero attached hydrogens (tertiary/aromatic N) is 1. The molecule has 3 amide bonds. The zero-order valence-electron chi connectivity index (χ0n) is 17.8. The van der Waals surface area contributed by atoms with Crippen molar-refractivity contribution >= 4 is 17.9 Å². The summed E-state index contributed by atoms with van der Waals surface area (Å²) in [7, 11) is 0. The molecule has 1 heterocycles. The Balaban J connectivity index is 1.89. The Hall–Kier alpha value is -3.45. The van der Waals surface area contributed by atoms with Gasteiger partial charge in [0.2, 0.25) is 0 Å². The molecule has 3 rings (SSSR count). The fourth-order valence-corrected chi connectivity index (χ4v) is 3.22. The van der Waals surface area contributed by atoms with E-state index in [1.165, 1.54) is 6.08 Å². The van der Waals surface area contributed by atoms with Gasteiger partial charge in [-0.1, -0.05) is 48.5 Å². The molecule has 0 aromatic heterocycles. The van der Waals surface area contributed by atoms with Crippen LogP contribution in [0.5, 0.6) is 0 Å². The molecule has 7 nitrogen and oxygen atoms in total. The molecule has 31 heavy (non-hydrogen) atoms. The van der Waals surface area contributed by atoms with Crippen LogP contribution in [0.3, 0.4) is 0 Å². The van der Waals surface area contributed by atoms with Gasteiger partial charge in [-0.15, -0.1) is 6.58 Å². The Labute approximate surface area is 181 Å². The van der Waals surface area contributed by atoms with Gasteiger partial charge >= 0.3 is 6.09 Å². The Bertz CT molecular complexity index is 946. The van der Waals surface area contributed by atoms with Crippen molar-refractivity contribution in [3.8, 4) is 0 Å². The van der Waals surface area contributed by atoms with Gasteiger partial charge in [0.05, 0.1) is 23.8 Å². The first-order chi connectivity index (χ1) is 14.7. The van der Waals surface area contributed by atoms with E-state index in [-0.39, 0.29) is 6.61 Å². The SMILES string of the molecule is C=C[C@@H](NC(=O)OC(C)(C)C)[C@@H](OCc1ccccc1)N1C(=O)c2ccccc2C1=O. The minimum Gasteiger partial charge on any atom is -0.444 e. The van der Waals surface area contributed by atoms with Gasteiger partial charge in [-0.25, -0.2) is 9.69 Å². The number of amides is 3. The molecule has 2 atom stereocenters. The third-order valence-corrected chi connectivity index (χ3v) is 4.59. The molecule has 0 aliphatic carbocycles. The smallest absolute Gasteiger partial charge is 0.408 e. The molecule has 0 unspecified atom stereocenters. The van der Waals surface area contributed by atoms with E-state index in [1.807, 2.05) is 30.3 Å². The number of ether oxygens (including phenoxy) is 2. The second kappa shape index (κ2) is 9.14. The van der Waals surface area contributed by atoms with Crippen molar-refractivity contribution in [2.75, 3.05) is 0 Å². The van der Waals surface area contributed by atoms with Crippen molar-refractivity contribution in [3.63, 3.8) is 0 Å². The maximum absolute atomic E-state index is 13.0. The largest absolute Gasteiger partial charge is 0.444 e. The number of hydrogen-bond acceptors (Lipinski definition) is 5. The molecular weight excluding hydrogens is 396 g/mol. The Morgan fingerprint density at radius 2 is 1.58 bits per heavy atom. The second-order valence-electron chi connectivity index (χ2n) is 8.12. The van der Waals surface area contributed by atoms with Crippen LogP contribution in [0.1, 0.15) is 47.1 Å². The molecule has 162 valence electrons. The number of fused-ring (bicyclic) bond motifs is 1. The normalized spacial score (nSPS) is 15.3. The van der Waals surface area contributed by atoms with Gasteiger partial charge in [0, 0.05) is 0 Å². The first-order valence-corrected chi connectivity index (χ1v) is 9.96. The topological polar surface area (TPSA) is 84.9 Å². The lowest BCUT2D eigenvalue weighted by Gasteiger charge is -2.32. The van der Waals surface area contributed by atoms with Crippen molar-refractivity contribution in [3.05, 3.63) is 83.9 Å². The van der Waals surface area contributed by atoms with Gasteiger partial charge in [-0.3, -0.25) is 9.59 Å². The molecule has 2 aromatic carbocycles. The van der Waals surface area contributed by atoms with E-state index in [2.05, 4.69) is 11.9 Å². The van der Waals surface area contributed by atoms with Gasteiger partial charge in [-0.05, 0) is 38.5 Å². The molecule has 2 aromatic rings. The van der Waals surface area contributed by atoms with E-state index in [0.29, 0.717) is 11.1 Å². The van der Waals surface area contributed by atoms with Gasteiger partial charge < -0.3 is 14.8 Å². The first-order valence-electron chi connectivity index (χ1n) is 9.96. The lowest BCUT2D eigenvalue weighted by Crippen LogP contribution is -2.54. The summed E-state index contributed by atoms with van der Waals surface area (Å²) in [4.78, 5) is 39.5. The van der Waals surface area contributed by atoms with Crippen LogP contribution < -0.4 is 5.32 Å². The minimum atomic E-state index is -1.11. The number of carbonyl (C=O) groups is 3. The Morgan fingerprint density at radius 1 is 1.03 bits per heavy atom. The molecule has 0 radical (unpaired) electrons. The molecule has 1 aliphatic rings. The number of carbonyl (C=O) groups excluding carboxylic acids is 3. The molecule has 7 heteroatoms. The molecule has 0 fully saturated rings. The molecule has 0 bridgehead atoms. The highest BCUT2D eigenvalue weighted by Crippen LogP contribution is 2.27. The molecule has 1 aliphatic heterocycles. The number of imide groups is 1. The van der Waals surface area contributed by atoms with Crippen LogP contribution in [0, 0.1) is 0 Å². The van der Waals surface area contributed by atoms with E-state index in [4.69, 9.17) is 9.47 Å². The average molecular weight is 422 g/mol. The van der Waals surface area contributed by atoms with Crippen molar-refractivity contribution < 1.29 is 23.9 Å². The van der Waals surface area contributed by atoms with Gasteiger partial charge in [0.25, 0.3) is 11.8 Å². The fraction of sp³-hybridized carbons (Fsp3) is 0.292. The molecular formula is C24H26N2O5. The van der Waals surface area contributed by atoms with Crippen LogP contribution in [-0.2, 0) is 16.1 Å². The molecule has 0 saturated carbocycles. The highest BCUT2D eigenvalue weighted by Gasteiger charge is 2.43. The predicted molar refractivity (Wildman–Crippen MR) is 115 cm³/mol. The predicted octanol–water partition coefficient (Wildman–Crippen LogP) is 3.90. The highest BCUT2D eigenvalue weighted by atomic mass is 16.6. The summed E-state index contributed by atoms with van der Waals surface area (Å²) in [5, 5.41) is 2.65. The van der Waals surface area contributed by atoms with E-state index in [0.717, 1.165) is 10.5 Å². The molecule has 0 saturated heterocycles. The second-order valence-corrected chi connectivity index (χ2v) is 8.12. The third kappa shape index (κ3) is 5.19. The molecule has 0 spiro atoms. The summed E-state index contributed by atoms with van der Waals surface area (Å²) in [6.45, 7) is 9.10. The van der Waals surface area contributed by atoms with Crippen LogP contribution in [0.2, 0.25) is 0 Å². The molecule has 1 N–H and O–H groups in total. The van der Waals surface area contributed by atoms with Crippen LogP contribution in [0.15, 0.2) is 67.3 Å². The summed E-state index contributed by atoms with van der Waals surface area (Å²) in [5.41, 5.74) is 0.720. The van der Waals surface area contributed by atoms with E-state index < -0.39 is 35.8 Å². The van der Waals surface area contributed by atoms with Crippen LogP contribution in [-0.4, -0.2) is 40.7 Å². The standard InChI is InChI=1S/C24H26N2O5/c1-5-19(25-23(29)31-24(2,3)4)22(30-15-16-11-7-6-8-12-16)26-20(27)17-13-9-10-14-18(17)21(26)28/h5-14,19,22H,1,15H2,2-4H3,(H,25,29)/t19-,22-/m1/s1. The number of benzene rings is 2. The number of alkyl carbamates (subject to hydrolysis) is 1. The Kier molecular flexibility index (Phi) is 6.56. The van der Waals surface area contributed by atoms with Crippen molar-refractivity contribution in [1.82, 2.24) is 10.2 Å². The van der Waals surface area contributed by atoms with Crippen LogP contribution in [0.4, 0.5) is 4.79 Å². The summed E-state index contributed by atoms with van der Waals surface area (Å²) < 4.78 is 11.3. The Morgan fingerprint density at radius 3 is 2.10 bits per heavy atom. The van der Waals surface area contributed by atoms with Crippen molar-refractivity contribution in [2.24, 2.45) is 0 Å². The quantitative estimate of drug-likeness (QED) is 0.540. The van der Waals surface area contributed by atoms with Gasteiger partial charge in [-0.2, -0.15) is 0 Å². The lowest BCUT2D eigenvalue weighted by molar-refractivity contribution is -0.0534. The zero-order valence-corrected chi connectivity index (χ0v) is 17.8. The lowest BCUT2D eigenvalue weighted by atomic mass is 10.1. The van der Waals surface area contributed by atoms with Crippen molar-refractivity contribution in [1.29, 1.82) is 0 Å². The monoisotopic (exact) mass is 422 g/mol. The van der Waals surface area contributed by atoms with Gasteiger partial charge in [0.15, 0.2) is 6.23 Å². The minimum absolute atomic E-state index is 0.124. The summed E-state index contributed by atoms with van der Waals surface area (Å²) in [6.07, 6.45) is -0.400. The summed E-state index contributed by atoms with van der Waals surface area (Å²) in [6, 6.07) is 15.0. The van der Waals surface area contributed by atoms with Crippen LogP contribution in [0.25, 0.3) is 0 Å². The first kappa shape index (κ1) is 22.2. The zero-order chi connectivity index (χ0) is 22.6. The van der Waals surface area contributed by atoms with E-state index in [1.54, 1.807) is 45.0 Å². The van der Waals surface area contributed by atoms with Crippen LogP contribution >= 0.6 is 0 Å². The van der Waals surface area contributed by atoms with Gasteiger partial charge in [0.1, 0.15) is 5.60 Å². The van der Waals surface area contributed by atoms with Crippen molar-refractivity contribution in [2.45, 2.75) is 45.2 Å². The summed E-state index contributed by atoms with van der Waals surface area (Å²) in [5.74, 6) is -0.979. The third-order valence-electron chi connectivity index (χ3n) is 4.59. The van der Waals surface area contributed by atoms with E-state index >= 15 is 0 Å². The number of rotatable bonds is 7. The number of nitrogens with one attached hydrogen (secondary N) is 1.